The molecule has 1 aliphatic heterocycles. The van der Waals surface area contributed by atoms with Crippen molar-refractivity contribution in [2.75, 3.05) is 31.2 Å². The lowest BCUT2D eigenvalue weighted by atomic mass is 10.1. The first-order chi connectivity index (χ1) is 15.5. The molecule has 3 heterocycles. The molecule has 1 fully saturated rings. The predicted molar refractivity (Wildman–Crippen MR) is 116 cm³/mol. The molecule has 0 aliphatic carbocycles. The molecular weight excluding hydrogens is 418 g/mol. The highest BCUT2D eigenvalue weighted by Gasteiger charge is 2.21. The monoisotopic (exact) mass is 438 g/mol. The van der Waals surface area contributed by atoms with Crippen molar-refractivity contribution in [3.63, 3.8) is 0 Å². The number of benzene rings is 2. The number of ether oxygens (including phenoxy) is 1. The molecule has 0 N–H and O–H groups in total. The number of rotatable bonds is 4. The Morgan fingerprint density at radius 2 is 1.84 bits per heavy atom. The van der Waals surface area contributed by atoms with Crippen LogP contribution in [0, 0.1) is 11.6 Å². The molecule has 2 aromatic carbocycles. The number of halogens is 2. The molecule has 0 saturated carbocycles. The molecule has 5 rings (SSSR count). The zero-order valence-electron chi connectivity index (χ0n) is 17.3. The van der Waals surface area contributed by atoms with Gasteiger partial charge in [-0.25, -0.2) is 8.78 Å². The second-order valence-corrected chi connectivity index (χ2v) is 7.51. The highest BCUT2D eigenvalue weighted by atomic mass is 19.1. The van der Waals surface area contributed by atoms with Crippen molar-refractivity contribution in [3.8, 4) is 22.8 Å². The van der Waals surface area contributed by atoms with Crippen LogP contribution in [0.15, 0.2) is 51.9 Å². The van der Waals surface area contributed by atoms with Crippen LogP contribution in [0.5, 0.6) is 0 Å². The SMILES string of the molecule is CCn1cc(-c2nc(-c3ccc(F)cc3)no2)c(=O)c2cc(F)c(N3CCOCC3)cc21. The molecule has 1 aliphatic rings. The number of aryl methyl sites for hydroxylation is 1. The van der Waals surface area contributed by atoms with Crippen LogP contribution in [-0.4, -0.2) is 41.0 Å². The van der Waals surface area contributed by atoms with Gasteiger partial charge in [0.1, 0.15) is 17.2 Å². The van der Waals surface area contributed by atoms with Gasteiger partial charge in [-0.15, -0.1) is 0 Å². The summed E-state index contributed by atoms with van der Waals surface area (Å²) in [7, 11) is 0. The van der Waals surface area contributed by atoms with Crippen molar-refractivity contribution in [2.45, 2.75) is 13.5 Å². The van der Waals surface area contributed by atoms with Gasteiger partial charge in [0.15, 0.2) is 0 Å². The molecule has 0 atom stereocenters. The Kier molecular flexibility index (Phi) is 5.18. The zero-order valence-corrected chi connectivity index (χ0v) is 17.3. The van der Waals surface area contributed by atoms with Gasteiger partial charge in [-0.3, -0.25) is 4.79 Å². The summed E-state index contributed by atoms with van der Waals surface area (Å²) in [5, 5.41) is 4.15. The molecule has 2 aromatic heterocycles. The number of morpholine rings is 1. The Hall–Kier alpha value is -3.59. The highest BCUT2D eigenvalue weighted by molar-refractivity contribution is 5.86. The molecule has 1 saturated heterocycles. The molecule has 32 heavy (non-hydrogen) atoms. The fourth-order valence-corrected chi connectivity index (χ4v) is 3.91. The fraction of sp³-hybridized carbons (Fsp3) is 0.261. The Balaban J connectivity index is 1.61. The molecule has 0 bridgehead atoms. The standard InChI is InChI=1S/C23H20F2N4O3/c1-2-28-13-17(23-26-22(27-32-23)14-3-5-15(24)6-4-14)21(30)16-11-18(25)20(12-19(16)28)29-7-9-31-10-8-29/h3-6,11-13H,2,7-10H2,1H3. The lowest BCUT2D eigenvalue weighted by Gasteiger charge is -2.29. The summed E-state index contributed by atoms with van der Waals surface area (Å²) in [5.41, 5.74) is 1.42. The van der Waals surface area contributed by atoms with Crippen LogP contribution < -0.4 is 10.3 Å². The van der Waals surface area contributed by atoms with Gasteiger partial charge in [-0.05, 0) is 43.3 Å². The van der Waals surface area contributed by atoms with Gasteiger partial charge >= 0.3 is 0 Å². The van der Waals surface area contributed by atoms with Crippen LogP contribution in [0.4, 0.5) is 14.5 Å². The van der Waals surface area contributed by atoms with Gasteiger partial charge in [-0.1, -0.05) is 5.16 Å². The van der Waals surface area contributed by atoms with Crippen LogP contribution in [0.1, 0.15) is 6.92 Å². The molecule has 4 aromatic rings. The van der Waals surface area contributed by atoms with E-state index in [-0.39, 0.29) is 28.5 Å². The molecule has 164 valence electrons. The lowest BCUT2D eigenvalue weighted by molar-refractivity contribution is 0.122. The van der Waals surface area contributed by atoms with Crippen molar-refractivity contribution in [1.29, 1.82) is 0 Å². The summed E-state index contributed by atoms with van der Waals surface area (Å²) in [6.07, 6.45) is 1.65. The van der Waals surface area contributed by atoms with E-state index in [1.54, 1.807) is 12.3 Å². The Labute approximate surface area is 181 Å². The molecule has 0 radical (unpaired) electrons. The van der Waals surface area contributed by atoms with E-state index in [1.165, 1.54) is 30.3 Å². The molecule has 0 unspecified atom stereocenters. The number of hydrogen-bond donors (Lipinski definition) is 0. The molecular formula is C23H20F2N4O3. The summed E-state index contributed by atoms with van der Waals surface area (Å²) in [6.45, 7) is 4.73. The fourth-order valence-electron chi connectivity index (χ4n) is 3.91. The topological polar surface area (TPSA) is 73.4 Å². The van der Waals surface area contributed by atoms with E-state index in [2.05, 4.69) is 10.1 Å². The molecule has 7 nitrogen and oxygen atoms in total. The Morgan fingerprint density at radius 1 is 1.09 bits per heavy atom. The average molecular weight is 438 g/mol. The maximum atomic E-state index is 15.0. The van der Waals surface area contributed by atoms with Gasteiger partial charge in [0.2, 0.25) is 11.3 Å². The maximum absolute atomic E-state index is 15.0. The van der Waals surface area contributed by atoms with Crippen molar-refractivity contribution in [2.24, 2.45) is 0 Å². The van der Waals surface area contributed by atoms with Crippen LogP contribution >= 0.6 is 0 Å². The third-order valence-corrected chi connectivity index (χ3v) is 5.60. The largest absolute Gasteiger partial charge is 0.378 e. The second-order valence-electron chi connectivity index (χ2n) is 7.51. The minimum atomic E-state index is -0.464. The minimum Gasteiger partial charge on any atom is -0.378 e. The van der Waals surface area contributed by atoms with Crippen LogP contribution in [-0.2, 0) is 11.3 Å². The van der Waals surface area contributed by atoms with Gasteiger partial charge in [0.25, 0.3) is 5.89 Å². The number of anilines is 1. The second kappa shape index (κ2) is 8.16. The Bertz CT molecular complexity index is 1340. The molecule has 0 spiro atoms. The van der Waals surface area contributed by atoms with E-state index in [0.717, 1.165) is 0 Å². The third kappa shape index (κ3) is 3.54. The van der Waals surface area contributed by atoms with Crippen molar-refractivity contribution in [1.82, 2.24) is 14.7 Å². The van der Waals surface area contributed by atoms with Gasteiger partial charge in [0.05, 0.1) is 24.4 Å². The molecule has 0 amide bonds. The number of aromatic nitrogens is 3. The summed E-state index contributed by atoms with van der Waals surface area (Å²) in [6, 6.07) is 8.62. The van der Waals surface area contributed by atoms with E-state index >= 15 is 0 Å². The normalized spacial score (nSPS) is 14.3. The number of nitrogens with zero attached hydrogens (tertiary/aromatic N) is 4. The van der Waals surface area contributed by atoms with Crippen molar-refractivity contribution in [3.05, 3.63) is 64.5 Å². The van der Waals surface area contributed by atoms with E-state index in [4.69, 9.17) is 9.26 Å². The van der Waals surface area contributed by atoms with Gasteiger partial charge < -0.3 is 18.7 Å². The molecule has 9 heteroatoms. The third-order valence-electron chi connectivity index (χ3n) is 5.60. The first-order valence-electron chi connectivity index (χ1n) is 10.3. The zero-order chi connectivity index (χ0) is 22.2. The van der Waals surface area contributed by atoms with Crippen LogP contribution in [0.25, 0.3) is 33.7 Å². The first kappa shape index (κ1) is 20.3. The van der Waals surface area contributed by atoms with Crippen LogP contribution in [0.3, 0.4) is 0 Å². The average Bonchev–Trinajstić information content (AvgIpc) is 3.30. The number of fused-ring (bicyclic) bond motifs is 1. The van der Waals surface area contributed by atoms with Gasteiger partial charge in [-0.2, -0.15) is 4.98 Å². The quantitative estimate of drug-likeness (QED) is 0.482. The summed E-state index contributed by atoms with van der Waals surface area (Å²) in [4.78, 5) is 19.5. The highest BCUT2D eigenvalue weighted by Crippen LogP contribution is 2.28. The first-order valence-corrected chi connectivity index (χ1v) is 10.3. The predicted octanol–water partition coefficient (Wildman–Crippen LogP) is 3.85. The summed E-state index contributed by atoms with van der Waals surface area (Å²) < 4.78 is 40.7. The summed E-state index contributed by atoms with van der Waals surface area (Å²) in [5.74, 6) is -0.586. The summed E-state index contributed by atoms with van der Waals surface area (Å²) >= 11 is 0. The van der Waals surface area contributed by atoms with Gasteiger partial charge in [0, 0.05) is 36.8 Å². The number of pyridine rings is 1. The number of hydrogen-bond acceptors (Lipinski definition) is 6. The van der Waals surface area contributed by atoms with E-state index in [0.29, 0.717) is 49.6 Å². The van der Waals surface area contributed by atoms with E-state index in [1.807, 2.05) is 16.4 Å². The lowest BCUT2D eigenvalue weighted by Crippen LogP contribution is -2.36. The van der Waals surface area contributed by atoms with Crippen LogP contribution in [0.2, 0.25) is 0 Å². The maximum Gasteiger partial charge on any atom is 0.263 e. The Morgan fingerprint density at radius 3 is 2.56 bits per heavy atom. The van der Waals surface area contributed by atoms with E-state index < -0.39 is 11.2 Å². The minimum absolute atomic E-state index is 0.0242. The van der Waals surface area contributed by atoms with Crippen molar-refractivity contribution < 1.29 is 18.0 Å². The smallest absolute Gasteiger partial charge is 0.263 e. The van der Waals surface area contributed by atoms with Crippen molar-refractivity contribution >= 4 is 16.6 Å². The van der Waals surface area contributed by atoms with E-state index in [9.17, 15) is 13.6 Å².